The van der Waals surface area contributed by atoms with Gasteiger partial charge in [-0.05, 0) is 57.0 Å². The van der Waals surface area contributed by atoms with Crippen LogP contribution < -0.4 is 10.1 Å². The number of fused-ring (bicyclic) bond motifs is 6. The van der Waals surface area contributed by atoms with E-state index >= 15 is 0 Å². The summed E-state index contributed by atoms with van der Waals surface area (Å²) in [6.07, 6.45) is 4.26. The normalized spacial score (nSPS) is 23.5. The van der Waals surface area contributed by atoms with Crippen molar-refractivity contribution in [1.29, 1.82) is 0 Å². The molecule has 3 atom stereocenters. The molecule has 3 unspecified atom stereocenters. The Labute approximate surface area is 191 Å². The molecule has 5 rings (SSSR count). The molecule has 3 aliphatic rings. The number of methoxy groups -OCH3 is 1. The molecule has 0 spiro atoms. The van der Waals surface area contributed by atoms with E-state index in [9.17, 15) is 4.79 Å². The molecular formula is C26H35N3O3. The van der Waals surface area contributed by atoms with Crippen molar-refractivity contribution in [3.8, 4) is 5.75 Å². The molecule has 6 heteroatoms. The van der Waals surface area contributed by atoms with Crippen LogP contribution in [0.5, 0.6) is 5.75 Å². The van der Waals surface area contributed by atoms with E-state index in [0.717, 1.165) is 38.1 Å². The van der Waals surface area contributed by atoms with E-state index in [1.807, 2.05) is 38.1 Å². The maximum Gasteiger partial charge on any atom is 0.240 e. The number of nitrogens with one attached hydrogen (secondary N) is 1. The third-order valence-corrected chi connectivity index (χ3v) is 6.79. The minimum Gasteiger partial charge on any atom is -0.496 e. The van der Waals surface area contributed by atoms with Crippen LogP contribution in [0.4, 0.5) is 0 Å². The number of piperidine rings is 1. The minimum atomic E-state index is 0.104. The molecule has 0 saturated carbocycles. The van der Waals surface area contributed by atoms with Crippen LogP contribution in [0.3, 0.4) is 0 Å². The molecule has 0 aromatic heterocycles. The molecule has 2 aromatic carbocycles. The molecule has 3 aliphatic heterocycles. The first-order chi connectivity index (χ1) is 15.7. The summed E-state index contributed by atoms with van der Waals surface area (Å²) in [6.45, 7) is 3.79. The van der Waals surface area contributed by atoms with E-state index in [4.69, 9.17) is 9.53 Å². The van der Waals surface area contributed by atoms with Gasteiger partial charge in [-0.1, -0.05) is 42.5 Å². The van der Waals surface area contributed by atoms with Crippen LogP contribution in [0, 0.1) is 0 Å². The first-order valence-corrected chi connectivity index (χ1v) is 11.3. The van der Waals surface area contributed by atoms with Crippen molar-refractivity contribution in [2.45, 2.75) is 50.4 Å². The van der Waals surface area contributed by atoms with Gasteiger partial charge in [-0.25, -0.2) is 0 Å². The van der Waals surface area contributed by atoms with Gasteiger partial charge >= 0.3 is 0 Å². The predicted molar refractivity (Wildman–Crippen MR) is 127 cm³/mol. The van der Waals surface area contributed by atoms with Crippen LogP contribution in [-0.4, -0.2) is 62.3 Å². The summed E-state index contributed by atoms with van der Waals surface area (Å²) < 4.78 is 5.53. The Bertz CT molecular complexity index is 889. The topological polar surface area (TPSA) is 61.9 Å². The highest BCUT2D eigenvalue weighted by molar-refractivity contribution is 5.84. The lowest BCUT2D eigenvalue weighted by atomic mass is 9.79. The van der Waals surface area contributed by atoms with Crippen LogP contribution in [-0.2, 0) is 22.6 Å². The van der Waals surface area contributed by atoms with Gasteiger partial charge in [-0.2, -0.15) is 0 Å². The third-order valence-electron chi connectivity index (χ3n) is 6.79. The monoisotopic (exact) mass is 437 g/mol. The lowest BCUT2D eigenvalue weighted by Gasteiger charge is -2.54. The average molecular weight is 438 g/mol. The van der Waals surface area contributed by atoms with Gasteiger partial charge in [-0.15, -0.1) is 0 Å². The maximum atomic E-state index is 12.8. The minimum absolute atomic E-state index is 0.104. The largest absolute Gasteiger partial charge is 0.496 e. The summed E-state index contributed by atoms with van der Waals surface area (Å²) in [5.74, 6) is 1.30. The van der Waals surface area contributed by atoms with Gasteiger partial charge in [0.05, 0.1) is 19.2 Å². The van der Waals surface area contributed by atoms with E-state index in [1.165, 1.54) is 23.1 Å². The zero-order valence-electron chi connectivity index (χ0n) is 19.4. The van der Waals surface area contributed by atoms with E-state index in [-0.39, 0.29) is 12.1 Å². The Morgan fingerprint density at radius 3 is 2.53 bits per heavy atom. The Hall–Kier alpha value is -2.70. The highest BCUT2D eigenvalue weighted by atomic mass is 16.5. The number of hydrogen-bond acceptors (Lipinski definition) is 5. The van der Waals surface area contributed by atoms with Crippen molar-refractivity contribution in [3.63, 3.8) is 0 Å². The second-order valence-electron chi connectivity index (χ2n) is 8.45. The molecule has 32 heavy (non-hydrogen) atoms. The van der Waals surface area contributed by atoms with E-state index in [0.29, 0.717) is 11.9 Å². The van der Waals surface area contributed by atoms with Crippen molar-refractivity contribution in [2.75, 3.05) is 27.7 Å². The zero-order valence-corrected chi connectivity index (χ0v) is 19.4. The summed E-state index contributed by atoms with van der Waals surface area (Å²) in [7, 11) is 5.81. The van der Waals surface area contributed by atoms with Crippen LogP contribution in [0.25, 0.3) is 0 Å². The predicted octanol–water partition coefficient (Wildman–Crippen LogP) is 3.21. The van der Waals surface area contributed by atoms with E-state index < -0.39 is 0 Å². The number of amides is 1. The van der Waals surface area contributed by atoms with E-state index in [1.54, 1.807) is 7.11 Å². The zero-order chi connectivity index (χ0) is 23.1. The number of likely N-dealkylation sites (N-methyl/N-ethyl adjacent to an activating group) is 1. The highest BCUT2D eigenvalue weighted by Gasteiger charge is 2.49. The molecule has 0 radical (unpaired) electrons. The Morgan fingerprint density at radius 2 is 1.84 bits per heavy atom. The second kappa shape index (κ2) is 11.2. The molecule has 2 aromatic rings. The molecule has 1 N–H and O–H groups in total. The number of hydrogen-bond donors (Lipinski definition) is 1. The fraction of sp³-hybridized carbons (Fsp3) is 0.462. The number of rotatable bonds is 3. The molecule has 3 heterocycles. The quantitative estimate of drug-likeness (QED) is 0.799. The highest BCUT2D eigenvalue weighted by Crippen LogP contribution is 2.45. The summed E-state index contributed by atoms with van der Waals surface area (Å²) in [4.78, 5) is 25.3. The van der Waals surface area contributed by atoms with Crippen molar-refractivity contribution in [3.05, 3.63) is 65.2 Å². The van der Waals surface area contributed by atoms with Crippen molar-refractivity contribution < 1.29 is 14.3 Å². The Kier molecular flexibility index (Phi) is 8.42. The van der Waals surface area contributed by atoms with Gasteiger partial charge in [0.2, 0.25) is 5.91 Å². The SMILES string of the molecule is C=O.CNCc1ccccc1.COc1cccc2c1CCN1C(=O)C3CCCC(C21)N3C. The third kappa shape index (κ3) is 4.71. The Morgan fingerprint density at radius 1 is 1.09 bits per heavy atom. The number of ether oxygens (including phenoxy) is 1. The fourth-order valence-corrected chi connectivity index (χ4v) is 5.35. The lowest BCUT2D eigenvalue weighted by Crippen LogP contribution is -2.64. The van der Waals surface area contributed by atoms with Gasteiger partial charge in [-0.3, -0.25) is 9.69 Å². The summed E-state index contributed by atoms with van der Waals surface area (Å²) in [5, 5.41) is 3.08. The van der Waals surface area contributed by atoms with Gasteiger partial charge in [0.15, 0.2) is 0 Å². The molecule has 1 amide bonds. The molecule has 2 fully saturated rings. The number of nitrogens with zero attached hydrogens (tertiary/aromatic N) is 2. The number of carbonyl (C=O) groups excluding carboxylic acids is 2. The van der Waals surface area contributed by atoms with Gasteiger partial charge in [0, 0.05) is 24.7 Å². The number of piperazine rings is 1. The van der Waals surface area contributed by atoms with Crippen molar-refractivity contribution >= 4 is 12.7 Å². The maximum absolute atomic E-state index is 12.8. The first-order valence-electron chi connectivity index (χ1n) is 11.3. The molecule has 2 bridgehead atoms. The van der Waals surface area contributed by atoms with Gasteiger partial charge in [0.1, 0.15) is 12.5 Å². The van der Waals surface area contributed by atoms with Crippen LogP contribution in [0.1, 0.15) is 42.0 Å². The smallest absolute Gasteiger partial charge is 0.240 e. The van der Waals surface area contributed by atoms with Gasteiger partial charge in [0.25, 0.3) is 0 Å². The molecular weight excluding hydrogens is 402 g/mol. The standard InChI is InChI=1S/C17H22N2O2.C8H11N.CH2O/c1-18-13-6-4-7-14(18)17(20)19-10-9-11-12(16(13)19)5-3-8-15(11)21-2;1-9-7-8-5-3-2-4-6-8;1-2/h3,5,8,13-14,16H,4,6-7,9-10H2,1-2H3;2-6,9H,7H2,1H3;1H2. The lowest BCUT2D eigenvalue weighted by molar-refractivity contribution is -0.154. The summed E-state index contributed by atoms with van der Waals surface area (Å²) in [5.41, 5.74) is 3.93. The number of carbonyl (C=O) groups is 2. The first kappa shape index (κ1) is 24.0. The fourth-order valence-electron chi connectivity index (χ4n) is 5.35. The van der Waals surface area contributed by atoms with Gasteiger partial charge < -0.3 is 19.7 Å². The molecule has 0 aliphatic carbocycles. The molecule has 172 valence electrons. The van der Waals surface area contributed by atoms with Crippen molar-refractivity contribution in [1.82, 2.24) is 15.1 Å². The Balaban J connectivity index is 0.000000222. The van der Waals surface area contributed by atoms with Crippen LogP contribution in [0.15, 0.2) is 48.5 Å². The number of benzene rings is 2. The van der Waals surface area contributed by atoms with Crippen LogP contribution in [0.2, 0.25) is 0 Å². The molecule has 6 nitrogen and oxygen atoms in total. The molecule has 2 saturated heterocycles. The summed E-state index contributed by atoms with van der Waals surface area (Å²) >= 11 is 0. The average Bonchev–Trinajstić information content (AvgIpc) is 2.84. The van der Waals surface area contributed by atoms with Crippen molar-refractivity contribution in [2.24, 2.45) is 0 Å². The van der Waals surface area contributed by atoms with Crippen LogP contribution >= 0.6 is 0 Å². The van der Waals surface area contributed by atoms with E-state index in [2.05, 4.69) is 46.4 Å². The summed E-state index contributed by atoms with van der Waals surface area (Å²) in [6, 6.07) is 17.4. The second-order valence-corrected chi connectivity index (χ2v) is 8.45.